The topological polar surface area (TPSA) is 28.7 Å². The van der Waals surface area contributed by atoms with Crippen molar-refractivity contribution < 1.29 is 0 Å². The molecule has 0 amide bonds. The number of hydrogen-bond acceptors (Lipinski definition) is 2. The lowest BCUT2D eigenvalue weighted by Gasteiger charge is -2.35. The van der Waals surface area contributed by atoms with E-state index in [4.69, 9.17) is 0 Å². The molecule has 4 aromatic carbocycles. The molecule has 1 aromatic heterocycles. The molecule has 4 aliphatic rings. The van der Waals surface area contributed by atoms with Gasteiger partial charge in [-0.2, -0.15) is 5.26 Å². The van der Waals surface area contributed by atoms with Crippen LogP contribution in [0.15, 0.2) is 137 Å². The van der Waals surface area contributed by atoms with Crippen molar-refractivity contribution in [2.75, 3.05) is 0 Å². The Labute approximate surface area is 262 Å². The highest BCUT2D eigenvalue weighted by molar-refractivity contribution is 8.00. The first kappa shape index (κ1) is 25.9. The van der Waals surface area contributed by atoms with Crippen LogP contribution in [0.5, 0.6) is 0 Å². The summed E-state index contributed by atoms with van der Waals surface area (Å²) < 4.78 is 2.36. The molecule has 5 aromatic rings. The van der Waals surface area contributed by atoms with Crippen LogP contribution in [0.1, 0.15) is 37.8 Å². The van der Waals surface area contributed by atoms with Crippen LogP contribution >= 0.6 is 11.8 Å². The standard InChI is InChI=1S/C41H32N2S/c1-40(2)31-23-37-30(22-32(31)41(3)20-9-8-17-38(40)41)39-29(13-10-16-36(39)44-37)28-19-18-25(24-42)21-35(28)43-33-14-6-4-11-26(33)27-12-5-7-15-34(27)43/h4-23,30,37-38H,1-3H3. The predicted molar refractivity (Wildman–Crippen MR) is 183 cm³/mol. The van der Waals surface area contributed by atoms with Gasteiger partial charge in [-0.1, -0.05) is 112 Å². The second kappa shape index (κ2) is 9.00. The van der Waals surface area contributed by atoms with Crippen LogP contribution in [0.4, 0.5) is 0 Å². The average molecular weight is 585 g/mol. The highest BCUT2D eigenvalue weighted by Gasteiger charge is 2.56. The second-order valence-corrected chi connectivity index (χ2v) is 14.6. The lowest BCUT2D eigenvalue weighted by atomic mass is 9.68. The minimum absolute atomic E-state index is 0.00000733. The number of fused-ring (bicyclic) bond motifs is 9. The number of hydrogen-bond donors (Lipinski definition) is 0. The monoisotopic (exact) mass is 584 g/mol. The van der Waals surface area contributed by atoms with Crippen molar-refractivity contribution in [3.63, 3.8) is 0 Å². The van der Waals surface area contributed by atoms with E-state index in [1.165, 1.54) is 37.9 Å². The Morgan fingerprint density at radius 2 is 1.52 bits per heavy atom. The Morgan fingerprint density at radius 3 is 2.27 bits per heavy atom. The van der Waals surface area contributed by atoms with Gasteiger partial charge in [-0.3, -0.25) is 0 Å². The van der Waals surface area contributed by atoms with Crippen LogP contribution in [0.2, 0.25) is 0 Å². The van der Waals surface area contributed by atoms with Crippen molar-refractivity contribution in [1.29, 1.82) is 5.26 Å². The van der Waals surface area contributed by atoms with Gasteiger partial charge in [-0.05, 0) is 63.9 Å². The Morgan fingerprint density at radius 1 is 0.773 bits per heavy atom. The average Bonchev–Trinajstić information content (AvgIpc) is 3.64. The van der Waals surface area contributed by atoms with E-state index < -0.39 is 0 Å². The van der Waals surface area contributed by atoms with Crippen molar-refractivity contribution in [2.45, 2.75) is 36.8 Å². The van der Waals surface area contributed by atoms with E-state index in [0.717, 1.165) is 22.3 Å². The molecule has 2 nitrogen and oxygen atoms in total. The third kappa shape index (κ3) is 3.32. The number of nitrogens with zero attached hydrogens (tertiary/aromatic N) is 2. The first-order valence-electron chi connectivity index (χ1n) is 15.5. The van der Waals surface area contributed by atoms with Crippen molar-refractivity contribution >= 4 is 33.6 Å². The quantitative estimate of drug-likeness (QED) is 0.206. The molecule has 44 heavy (non-hydrogen) atoms. The maximum Gasteiger partial charge on any atom is 0.0992 e. The number of para-hydroxylation sites is 2. The van der Waals surface area contributed by atoms with E-state index >= 15 is 0 Å². The highest BCUT2D eigenvalue weighted by atomic mass is 32.2. The third-order valence-corrected chi connectivity index (χ3v) is 12.1. The van der Waals surface area contributed by atoms with E-state index in [2.05, 4.69) is 147 Å². The summed E-state index contributed by atoms with van der Waals surface area (Å²) >= 11 is 2.01. The van der Waals surface area contributed by atoms with Gasteiger partial charge in [0.2, 0.25) is 0 Å². The Hall–Kier alpha value is -4.52. The molecule has 3 heteroatoms. The zero-order valence-corrected chi connectivity index (χ0v) is 25.9. The van der Waals surface area contributed by atoms with Crippen molar-refractivity contribution in [3.05, 3.63) is 144 Å². The number of benzene rings is 4. The van der Waals surface area contributed by atoms with Crippen LogP contribution < -0.4 is 0 Å². The molecule has 212 valence electrons. The molecular formula is C41H32N2S. The SMILES string of the molecule is CC1(C)C2=CC3Sc4cccc(-c5ccc(C#N)cc5-n5c6ccccc6c6ccccc65)c4C3C=C2C2(C)C=CC=CC12. The van der Waals surface area contributed by atoms with Gasteiger partial charge in [0.05, 0.1) is 28.4 Å². The van der Waals surface area contributed by atoms with Crippen LogP contribution in [-0.4, -0.2) is 9.82 Å². The summed E-state index contributed by atoms with van der Waals surface area (Å²) in [6.07, 6.45) is 14.6. The van der Waals surface area contributed by atoms with Crippen molar-refractivity contribution in [3.8, 4) is 22.9 Å². The van der Waals surface area contributed by atoms with Gasteiger partial charge in [0.15, 0.2) is 0 Å². The maximum atomic E-state index is 10.0. The molecule has 0 saturated heterocycles. The lowest BCUT2D eigenvalue weighted by molar-refractivity contribution is 0.264. The molecule has 4 unspecified atom stereocenters. The van der Waals surface area contributed by atoms with Crippen LogP contribution in [-0.2, 0) is 0 Å². The molecule has 9 rings (SSSR count). The fourth-order valence-electron chi connectivity index (χ4n) is 8.83. The summed E-state index contributed by atoms with van der Waals surface area (Å²) in [5.41, 5.74) is 11.0. The Kier molecular flexibility index (Phi) is 5.31. The summed E-state index contributed by atoms with van der Waals surface area (Å²) in [6.45, 7) is 7.29. The molecule has 1 fully saturated rings. The number of aromatic nitrogens is 1. The summed E-state index contributed by atoms with van der Waals surface area (Å²) in [7, 11) is 0. The van der Waals surface area contributed by atoms with Gasteiger partial charge in [0.1, 0.15) is 0 Å². The number of nitriles is 1. The molecule has 1 aliphatic heterocycles. The summed E-state index contributed by atoms with van der Waals surface area (Å²) in [5.74, 6) is 0.744. The molecule has 3 aliphatic carbocycles. The van der Waals surface area contributed by atoms with E-state index in [0.29, 0.717) is 16.7 Å². The smallest absolute Gasteiger partial charge is 0.0992 e. The first-order valence-corrected chi connectivity index (χ1v) is 16.4. The predicted octanol–water partition coefficient (Wildman–Crippen LogP) is 10.5. The van der Waals surface area contributed by atoms with Gasteiger partial charge in [0, 0.05) is 37.8 Å². The maximum absolute atomic E-state index is 10.0. The van der Waals surface area contributed by atoms with Crippen LogP contribution in [0, 0.1) is 28.1 Å². The molecule has 0 N–H and O–H groups in total. The number of thioether (sulfide) groups is 1. The normalized spacial score (nSPS) is 25.6. The van der Waals surface area contributed by atoms with Crippen LogP contribution in [0.25, 0.3) is 38.6 Å². The zero-order valence-electron chi connectivity index (χ0n) is 25.1. The zero-order chi connectivity index (χ0) is 29.8. The largest absolute Gasteiger partial charge is 0.309 e. The fourth-order valence-corrected chi connectivity index (χ4v) is 10.2. The highest BCUT2D eigenvalue weighted by Crippen LogP contribution is 2.66. The van der Waals surface area contributed by atoms with E-state index in [9.17, 15) is 5.26 Å². The molecule has 0 spiro atoms. The molecular weight excluding hydrogens is 553 g/mol. The van der Waals surface area contributed by atoms with E-state index in [1.807, 2.05) is 17.8 Å². The van der Waals surface area contributed by atoms with Gasteiger partial charge in [-0.25, -0.2) is 0 Å². The summed E-state index contributed by atoms with van der Waals surface area (Å²) in [5, 5.41) is 12.8. The minimum Gasteiger partial charge on any atom is -0.309 e. The molecule has 1 saturated carbocycles. The molecule has 0 bridgehead atoms. The van der Waals surface area contributed by atoms with Crippen molar-refractivity contribution in [1.82, 2.24) is 4.57 Å². The fraction of sp³-hybridized carbons (Fsp3) is 0.195. The second-order valence-electron chi connectivity index (χ2n) is 13.4. The Balaban J connectivity index is 1.28. The van der Waals surface area contributed by atoms with Gasteiger partial charge in [-0.15, -0.1) is 11.8 Å². The Bertz CT molecular complexity index is 2180. The van der Waals surface area contributed by atoms with Crippen molar-refractivity contribution in [2.24, 2.45) is 16.7 Å². The lowest BCUT2D eigenvalue weighted by Crippen LogP contribution is -2.28. The van der Waals surface area contributed by atoms with E-state index in [-0.39, 0.29) is 16.7 Å². The molecule has 0 radical (unpaired) electrons. The van der Waals surface area contributed by atoms with Crippen LogP contribution in [0.3, 0.4) is 0 Å². The van der Waals surface area contributed by atoms with Gasteiger partial charge >= 0.3 is 0 Å². The van der Waals surface area contributed by atoms with E-state index in [1.54, 1.807) is 0 Å². The minimum atomic E-state index is -0.00000733. The summed E-state index contributed by atoms with van der Waals surface area (Å²) in [6, 6.07) is 32.7. The molecule has 2 heterocycles. The first-order chi connectivity index (χ1) is 21.4. The number of allylic oxidation sites excluding steroid dienone is 7. The summed E-state index contributed by atoms with van der Waals surface area (Å²) in [4.78, 5) is 1.36. The number of rotatable bonds is 2. The molecule has 4 atom stereocenters. The van der Waals surface area contributed by atoms with Gasteiger partial charge < -0.3 is 4.57 Å². The van der Waals surface area contributed by atoms with Gasteiger partial charge in [0.25, 0.3) is 0 Å². The third-order valence-electron chi connectivity index (χ3n) is 10.8.